The van der Waals surface area contributed by atoms with Gasteiger partial charge < -0.3 is 18.9 Å². The maximum Gasteiger partial charge on any atom is 0.260 e. The summed E-state index contributed by atoms with van der Waals surface area (Å²) in [5.74, 6) is 2.54. The van der Waals surface area contributed by atoms with E-state index in [9.17, 15) is 4.79 Å². The minimum atomic E-state index is -0.0134. The molecule has 2 aliphatic heterocycles. The molecule has 2 aromatic rings. The minimum absolute atomic E-state index is 0.0134. The molecule has 0 N–H and O–H groups in total. The summed E-state index contributed by atoms with van der Waals surface area (Å²) in [5.41, 5.74) is 0. The van der Waals surface area contributed by atoms with Gasteiger partial charge in [-0.1, -0.05) is 23.4 Å². The highest BCUT2D eigenvalue weighted by atomic mass is 16.5. The molecule has 138 valence electrons. The number of likely N-dealkylation sites (tertiary alicyclic amines) is 1. The van der Waals surface area contributed by atoms with E-state index in [2.05, 4.69) is 10.1 Å². The van der Waals surface area contributed by atoms with E-state index in [4.69, 9.17) is 14.0 Å². The van der Waals surface area contributed by atoms with Gasteiger partial charge >= 0.3 is 0 Å². The summed E-state index contributed by atoms with van der Waals surface area (Å²) in [6.07, 6.45) is 2.71. The molecule has 0 radical (unpaired) electrons. The maximum absolute atomic E-state index is 12.4. The summed E-state index contributed by atoms with van der Waals surface area (Å²) in [7, 11) is 0. The van der Waals surface area contributed by atoms with E-state index in [1.54, 1.807) is 0 Å². The van der Waals surface area contributed by atoms with E-state index in [0.29, 0.717) is 30.6 Å². The third kappa shape index (κ3) is 3.88. The fraction of sp³-hybridized carbons (Fsp3) is 0.526. The Labute approximate surface area is 152 Å². The van der Waals surface area contributed by atoms with E-state index >= 15 is 0 Å². The molecule has 7 nitrogen and oxygen atoms in total. The number of hydrogen-bond donors (Lipinski definition) is 0. The first-order chi connectivity index (χ1) is 12.8. The van der Waals surface area contributed by atoms with E-state index in [1.165, 1.54) is 0 Å². The lowest BCUT2D eigenvalue weighted by Gasteiger charge is -2.18. The number of benzene rings is 1. The van der Waals surface area contributed by atoms with E-state index in [1.807, 2.05) is 35.2 Å². The fourth-order valence-corrected chi connectivity index (χ4v) is 3.48. The molecule has 1 aromatic heterocycles. The maximum atomic E-state index is 12.4. The van der Waals surface area contributed by atoms with Crippen molar-refractivity contribution in [1.29, 1.82) is 0 Å². The van der Waals surface area contributed by atoms with Gasteiger partial charge in [0, 0.05) is 32.2 Å². The second kappa shape index (κ2) is 7.86. The molecule has 0 saturated carbocycles. The highest BCUT2D eigenvalue weighted by Gasteiger charge is 2.32. The van der Waals surface area contributed by atoms with Crippen molar-refractivity contribution in [3.05, 3.63) is 42.0 Å². The topological polar surface area (TPSA) is 77.7 Å². The Kier molecular flexibility index (Phi) is 5.15. The second-order valence-corrected chi connectivity index (χ2v) is 6.80. The average molecular weight is 357 g/mol. The SMILES string of the molecule is O=C(COc1ccccc1)N1CC[C@H](c2nc(C3CCOCC3)no2)C1. The molecule has 1 aromatic carbocycles. The van der Waals surface area contributed by atoms with Gasteiger partial charge in [-0.15, -0.1) is 0 Å². The van der Waals surface area contributed by atoms with Gasteiger partial charge in [0.25, 0.3) is 5.91 Å². The summed E-state index contributed by atoms with van der Waals surface area (Å²) in [5, 5.41) is 4.16. The van der Waals surface area contributed by atoms with Crippen molar-refractivity contribution in [2.24, 2.45) is 0 Å². The number of amides is 1. The van der Waals surface area contributed by atoms with Crippen LogP contribution in [-0.2, 0) is 9.53 Å². The van der Waals surface area contributed by atoms with Crippen molar-refractivity contribution < 1.29 is 18.8 Å². The Balaban J connectivity index is 1.30. The van der Waals surface area contributed by atoms with Crippen LogP contribution in [0, 0.1) is 0 Å². The molecule has 3 heterocycles. The lowest BCUT2D eigenvalue weighted by Crippen LogP contribution is -2.32. The van der Waals surface area contributed by atoms with Gasteiger partial charge in [-0.05, 0) is 31.4 Å². The number of carbonyl (C=O) groups excluding carboxylic acids is 1. The lowest BCUT2D eigenvalue weighted by molar-refractivity contribution is -0.132. The van der Waals surface area contributed by atoms with Gasteiger partial charge in [-0.2, -0.15) is 4.98 Å². The number of rotatable bonds is 5. The number of nitrogens with zero attached hydrogens (tertiary/aromatic N) is 3. The monoisotopic (exact) mass is 357 g/mol. The lowest BCUT2D eigenvalue weighted by atomic mass is 10.00. The van der Waals surface area contributed by atoms with Crippen LogP contribution in [0.25, 0.3) is 0 Å². The second-order valence-electron chi connectivity index (χ2n) is 6.80. The molecule has 2 fully saturated rings. The summed E-state index contributed by atoms with van der Waals surface area (Å²) in [4.78, 5) is 18.8. The van der Waals surface area contributed by atoms with Crippen LogP contribution in [0.5, 0.6) is 5.75 Å². The summed E-state index contributed by atoms with van der Waals surface area (Å²) in [6, 6.07) is 9.38. The van der Waals surface area contributed by atoms with Crippen molar-refractivity contribution in [1.82, 2.24) is 15.0 Å². The first kappa shape index (κ1) is 17.0. The Morgan fingerprint density at radius 2 is 1.96 bits per heavy atom. The number of ether oxygens (including phenoxy) is 2. The van der Waals surface area contributed by atoms with Gasteiger partial charge in [0.1, 0.15) is 5.75 Å². The van der Waals surface area contributed by atoms with Crippen LogP contribution in [0.1, 0.15) is 42.8 Å². The molecule has 0 aliphatic carbocycles. The molecule has 26 heavy (non-hydrogen) atoms. The standard InChI is InChI=1S/C19H23N3O4/c23-17(13-25-16-4-2-1-3-5-16)22-9-6-15(12-22)19-20-18(21-26-19)14-7-10-24-11-8-14/h1-5,14-15H,6-13H2/t15-/m0/s1. The molecule has 0 spiro atoms. The summed E-state index contributed by atoms with van der Waals surface area (Å²) < 4.78 is 16.4. The summed E-state index contributed by atoms with van der Waals surface area (Å²) >= 11 is 0. The normalized spacial score (nSPS) is 21.1. The molecular weight excluding hydrogens is 334 g/mol. The molecule has 2 saturated heterocycles. The summed E-state index contributed by atoms with van der Waals surface area (Å²) in [6.45, 7) is 2.85. The fourth-order valence-electron chi connectivity index (χ4n) is 3.48. The van der Waals surface area contributed by atoms with Crippen molar-refractivity contribution in [3.8, 4) is 5.75 Å². The smallest absolute Gasteiger partial charge is 0.260 e. The van der Waals surface area contributed by atoms with Crippen molar-refractivity contribution in [2.75, 3.05) is 32.9 Å². The van der Waals surface area contributed by atoms with Gasteiger partial charge in [-0.3, -0.25) is 4.79 Å². The predicted molar refractivity (Wildman–Crippen MR) is 93.0 cm³/mol. The van der Waals surface area contributed by atoms with Gasteiger partial charge in [0.2, 0.25) is 5.89 Å². The van der Waals surface area contributed by atoms with Crippen LogP contribution in [-0.4, -0.2) is 53.9 Å². The van der Waals surface area contributed by atoms with Gasteiger partial charge in [-0.25, -0.2) is 0 Å². The largest absolute Gasteiger partial charge is 0.484 e. The zero-order valence-corrected chi connectivity index (χ0v) is 14.7. The van der Waals surface area contributed by atoms with Crippen LogP contribution < -0.4 is 4.74 Å². The quantitative estimate of drug-likeness (QED) is 0.817. The molecular formula is C19H23N3O4. The molecule has 7 heteroatoms. The van der Waals surface area contributed by atoms with Gasteiger partial charge in [0.15, 0.2) is 12.4 Å². The third-order valence-corrected chi connectivity index (χ3v) is 5.04. The third-order valence-electron chi connectivity index (χ3n) is 5.04. The highest BCUT2D eigenvalue weighted by Crippen LogP contribution is 2.29. The predicted octanol–water partition coefficient (Wildman–Crippen LogP) is 2.36. The zero-order chi connectivity index (χ0) is 17.8. The molecule has 0 bridgehead atoms. The van der Waals surface area contributed by atoms with Gasteiger partial charge in [0.05, 0.1) is 5.92 Å². The van der Waals surface area contributed by atoms with E-state index in [0.717, 1.165) is 38.3 Å². The Bertz CT molecular complexity index is 727. The number of aromatic nitrogens is 2. The Morgan fingerprint density at radius 3 is 2.77 bits per heavy atom. The van der Waals surface area contributed by atoms with Crippen LogP contribution in [0.4, 0.5) is 0 Å². The van der Waals surface area contributed by atoms with Crippen molar-refractivity contribution in [3.63, 3.8) is 0 Å². The molecule has 4 rings (SSSR count). The Hall–Kier alpha value is -2.41. The van der Waals surface area contributed by atoms with Crippen molar-refractivity contribution >= 4 is 5.91 Å². The molecule has 2 aliphatic rings. The van der Waals surface area contributed by atoms with E-state index in [-0.39, 0.29) is 18.4 Å². The molecule has 1 atom stereocenters. The van der Waals surface area contributed by atoms with Crippen molar-refractivity contribution in [2.45, 2.75) is 31.1 Å². The first-order valence-electron chi connectivity index (χ1n) is 9.16. The molecule has 0 unspecified atom stereocenters. The minimum Gasteiger partial charge on any atom is -0.484 e. The zero-order valence-electron chi connectivity index (χ0n) is 14.7. The van der Waals surface area contributed by atoms with Crippen LogP contribution in [0.3, 0.4) is 0 Å². The Morgan fingerprint density at radius 1 is 1.15 bits per heavy atom. The number of para-hydroxylation sites is 1. The first-order valence-corrected chi connectivity index (χ1v) is 9.16. The highest BCUT2D eigenvalue weighted by molar-refractivity contribution is 5.78. The van der Waals surface area contributed by atoms with Crippen LogP contribution in [0.15, 0.2) is 34.9 Å². The van der Waals surface area contributed by atoms with Crippen LogP contribution in [0.2, 0.25) is 0 Å². The number of carbonyl (C=O) groups is 1. The number of hydrogen-bond acceptors (Lipinski definition) is 6. The average Bonchev–Trinajstić information content (AvgIpc) is 3.37. The van der Waals surface area contributed by atoms with Crippen LogP contribution >= 0.6 is 0 Å². The molecule has 1 amide bonds. The van der Waals surface area contributed by atoms with E-state index < -0.39 is 0 Å².